The molecule has 1 aromatic heterocycles. The molecule has 0 aliphatic carbocycles. The lowest BCUT2D eigenvalue weighted by Crippen LogP contribution is -2.43. The SMILES string of the molecule is NC(=O)c1ccc2nc(N3CCNCC3)cnc2c1. The van der Waals surface area contributed by atoms with E-state index < -0.39 is 5.91 Å². The van der Waals surface area contributed by atoms with Gasteiger partial charge in [-0.3, -0.25) is 9.78 Å². The van der Waals surface area contributed by atoms with Crippen LogP contribution >= 0.6 is 0 Å². The van der Waals surface area contributed by atoms with Crippen LogP contribution in [0.15, 0.2) is 24.4 Å². The minimum absolute atomic E-state index is 0.449. The molecule has 1 aromatic carbocycles. The normalized spacial score (nSPS) is 15.7. The van der Waals surface area contributed by atoms with Gasteiger partial charge >= 0.3 is 0 Å². The van der Waals surface area contributed by atoms with Gasteiger partial charge < -0.3 is 16.0 Å². The molecule has 1 aliphatic heterocycles. The number of nitrogens with two attached hydrogens (primary N) is 1. The number of fused-ring (bicyclic) bond motifs is 1. The molecule has 2 heterocycles. The Labute approximate surface area is 110 Å². The maximum absolute atomic E-state index is 11.1. The highest BCUT2D eigenvalue weighted by Gasteiger charge is 2.13. The number of nitrogens with zero attached hydrogens (tertiary/aromatic N) is 3. The summed E-state index contributed by atoms with van der Waals surface area (Å²) in [7, 11) is 0. The molecule has 98 valence electrons. The summed E-state index contributed by atoms with van der Waals surface area (Å²) in [5.41, 5.74) is 7.17. The number of amides is 1. The Bertz CT molecular complexity index is 621. The third-order valence-electron chi connectivity index (χ3n) is 3.26. The lowest BCUT2D eigenvalue weighted by atomic mass is 10.2. The maximum Gasteiger partial charge on any atom is 0.248 e. The van der Waals surface area contributed by atoms with Crippen molar-refractivity contribution in [1.82, 2.24) is 15.3 Å². The molecular weight excluding hydrogens is 242 g/mol. The number of primary amides is 1. The minimum atomic E-state index is -0.449. The van der Waals surface area contributed by atoms with Gasteiger partial charge in [0.1, 0.15) is 5.82 Å². The van der Waals surface area contributed by atoms with Gasteiger partial charge in [-0.25, -0.2) is 4.98 Å². The number of nitrogens with one attached hydrogen (secondary N) is 1. The fourth-order valence-corrected chi connectivity index (χ4v) is 2.20. The number of piperazine rings is 1. The first-order valence-corrected chi connectivity index (χ1v) is 6.26. The van der Waals surface area contributed by atoms with E-state index in [0.717, 1.165) is 37.5 Å². The van der Waals surface area contributed by atoms with Gasteiger partial charge in [-0.05, 0) is 18.2 Å². The number of aromatic nitrogens is 2. The van der Waals surface area contributed by atoms with Crippen molar-refractivity contribution in [3.63, 3.8) is 0 Å². The number of hydrogen-bond acceptors (Lipinski definition) is 5. The number of carbonyl (C=O) groups excluding carboxylic acids is 1. The van der Waals surface area contributed by atoms with Crippen molar-refractivity contribution in [2.75, 3.05) is 31.1 Å². The Morgan fingerprint density at radius 2 is 2.05 bits per heavy atom. The van der Waals surface area contributed by atoms with Crippen molar-refractivity contribution in [2.24, 2.45) is 5.73 Å². The molecular formula is C13H15N5O. The molecule has 1 amide bonds. The molecule has 1 fully saturated rings. The molecule has 0 unspecified atom stereocenters. The first-order valence-electron chi connectivity index (χ1n) is 6.26. The molecule has 2 aromatic rings. The Balaban J connectivity index is 1.97. The van der Waals surface area contributed by atoms with Crippen molar-refractivity contribution in [3.8, 4) is 0 Å². The largest absolute Gasteiger partial charge is 0.366 e. The van der Waals surface area contributed by atoms with Gasteiger partial charge in [0.2, 0.25) is 5.91 Å². The highest BCUT2D eigenvalue weighted by molar-refractivity contribution is 5.96. The third kappa shape index (κ3) is 2.34. The number of hydrogen-bond donors (Lipinski definition) is 2. The summed E-state index contributed by atoms with van der Waals surface area (Å²) in [4.78, 5) is 22.3. The van der Waals surface area contributed by atoms with Crippen LogP contribution in [0, 0.1) is 0 Å². The lowest BCUT2D eigenvalue weighted by Gasteiger charge is -2.28. The fourth-order valence-electron chi connectivity index (χ4n) is 2.20. The molecule has 6 nitrogen and oxygen atoms in total. The Kier molecular flexibility index (Phi) is 3.00. The zero-order valence-corrected chi connectivity index (χ0v) is 10.5. The second kappa shape index (κ2) is 4.81. The van der Waals surface area contributed by atoms with E-state index in [0.29, 0.717) is 11.1 Å². The molecule has 0 atom stereocenters. The average molecular weight is 257 g/mol. The van der Waals surface area contributed by atoms with Gasteiger partial charge in [0.15, 0.2) is 0 Å². The van der Waals surface area contributed by atoms with Gasteiger partial charge in [0.05, 0.1) is 17.2 Å². The maximum atomic E-state index is 11.1. The number of anilines is 1. The van der Waals surface area contributed by atoms with E-state index in [4.69, 9.17) is 5.73 Å². The predicted octanol–water partition coefficient (Wildman–Crippen LogP) is 0.138. The Morgan fingerprint density at radius 1 is 1.26 bits per heavy atom. The monoisotopic (exact) mass is 257 g/mol. The molecule has 3 N–H and O–H groups in total. The predicted molar refractivity (Wildman–Crippen MR) is 73.1 cm³/mol. The summed E-state index contributed by atoms with van der Waals surface area (Å²) < 4.78 is 0. The summed E-state index contributed by atoms with van der Waals surface area (Å²) in [6.45, 7) is 3.78. The standard InChI is InChI=1S/C13H15N5O/c14-13(19)9-1-2-10-11(7-9)16-8-12(17-10)18-5-3-15-4-6-18/h1-2,7-8,15H,3-6H2,(H2,14,19). The zero-order chi connectivity index (χ0) is 13.2. The molecule has 0 bridgehead atoms. The van der Waals surface area contributed by atoms with Crippen LogP contribution in [0.2, 0.25) is 0 Å². The van der Waals surface area contributed by atoms with Crippen molar-refractivity contribution in [1.29, 1.82) is 0 Å². The van der Waals surface area contributed by atoms with Gasteiger partial charge in [0, 0.05) is 31.7 Å². The van der Waals surface area contributed by atoms with Gasteiger partial charge in [-0.1, -0.05) is 0 Å². The number of benzene rings is 1. The zero-order valence-electron chi connectivity index (χ0n) is 10.5. The smallest absolute Gasteiger partial charge is 0.248 e. The average Bonchev–Trinajstić information content (AvgIpc) is 2.47. The molecule has 3 rings (SSSR count). The van der Waals surface area contributed by atoms with Crippen LogP contribution in [0.5, 0.6) is 0 Å². The van der Waals surface area contributed by atoms with E-state index in [-0.39, 0.29) is 0 Å². The molecule has 0 saturated carbocycles. The third-order valence-corrected chi connectivity index (χ3v) is 3.26. The molecule has 1 aliphatic rings. The van der Waals surface area contributed by atoms with Crippen molar-refractivity contribution >= 4 is 22.8 Å². The topological polar surface area (TPSA) is 84.1 Å². The van der Waals surface area contributed by atoms with E-state index >= 15 is 0 Å². The van der Waals surface area contributed by atoms with Crippen LogP contribution in [0.25, 0.3) is 11.0 Å². The number of rotatable bonds is 2. The second-order valence-corrected chi connectivity index (χ2v) is 4.53. The van der Waals surface area contributed by atoms with E-state index in [9.17, 15) is 4.79 Å². The molecule has 19 heavy (non-hydrogen) atoms. The Morgan fingerprint density at radius 3 is 2.79 bits per heavy atom. The quantitative estimate of drug-likeness (QED) is 0.799. The van der Waals surface area contributed by atoms with E-state index in [1.54, 1.807) is 24.4 Å². The summed E-state index contributed by atoms with van der Waals surface area (Å²) in [5, 5.41) is 3.30. The summed E-state index contributed by atoms with van der Waals surface area (Å²) in [6.07, 6.45) is 1.75. The fraction of sp³-hybridized carbons (Fsp3) is 0.308. The van der Waals surface area contributed by atoms with Crippen LogP contribution in [-0.2, 0) is 0 Å². The second-order valence-electron chi connectivity index (χ2n) is 4.53. The van der Waals surface area contributed by atoms with Crippen molar-refractivity contribution in [2.45, 2.75) is 0 Å². The van der Waals surface area contributed by atoms with Crippen molar-refractivity contribution < 1.29 is 4.79 Å². The van der Waals surface area contributed by atoms with Crippen LogP contribution < -0.4 is 16.0 Å². The lowest BCUT2D eigenvalue weighted by molar-refractivity contribution is 0.100. The first-order chi connectivity index (χ1) is 9.24. The Hall–Kier alpha value is -2.21. The van der Waals surface area contributed by atoms with E-state index in [2.05, 4.69) is 20.2 Å². The van der Waals surface area contributed by atoms with Crippen LogP contribution in [0.3, 0.4) is 0 Å². The number of carbonyl (C=O) groups is 1. The molecule has 1 saturated heterocycles. The molecule has 6 heteroatoms. The molecule has 0 radical (unpaired) electrons. The van der Waals surface area contributed by atoms with Gasteiger partial charge in [0.25, 0.3) is 0 Å². The summed E-state index contributed by atoms with van der Waals surface area (Å²) >= 11 is 0. The van der Waals surface area contributed by atoms with Gasteiger partial charge in [-0.15, -0.1) is 0 Å². The molecule has 0 spiro atoms. The van der Waals surface area contributed by atoms with E-state index in [1.165, 1.54) is 0 Å². The van der Waals surface area contributed by atoms with E-state index in [1.807, 2.05) is 0 Å². The minimum Gasteiger partial charge on any atom is -0.366 e. The van der Waals surface area contributed by atoms with Gasteiger partial charge in [-0.2, -0.15) is 0 Å². The summed E-state index contributed by atoms with van der Waals surface area (Å²) in [6, 6.07) is 5.14. The van der Waals surface area contributed by atoms with Crippen LogP contribution in [-0.4, -0.2) is 42.1 Å². The highest BCUT2D eigenvalue weighted by Crippen LogP contribution is 2.17. The first kappa shape index (κ1) is 11.9. The highest BCUT2D eigenvalue weighted by atomic mass is 16.1. The van der Waals surface area contributed by atoms with Crippen LogP contribution in [0.1, 0.15) is 10.4 Å². The summed E-state index contributed by atoms with van der Waals surface area (Å²) in [5.74, 6) is 0.427. The van der Waals surface area contributed by atoms with Crippen LogP contribution in [0.4, 0.5) is 5.82 Å². The van der Waals surface area contributed by atoms with Crippen molar-refractivity contribution in [3.05, 3.63) is 30.0 Å².